The van der Waals surface area contributed by atoms with Crippen molar-refractivity contribution in [3.8, 4) is 5.75 Å². The van der Waals surface area contributed by atoms with E-state index in [2.05, 4.69) is 15.2 Å². The highest BCUT2D eigenvalue weighted by atomic mass is 32.2. The first-order chi connectivity index (χ1) is 14.3. The molecule has 3 aromatic rings. The zero-order valence-corrected chi connectivity index (χ0v) is 16.8. The molecule has 0 unspecified atom stereocenters. The predicted molar refractivity (Wildman–Crippen MR) is 106 cm³/mol. The Kier molecular flexibility index (Phi) is 7.04. The van der Waals surface area contributed by atoms with Crippen LogP contribution in [0.4, 0.5) is 13.2 Å². The average molecular weight is 436 g/mol. The van der Waals surface area contributed by atoms with Gasteiger partial charge in [0.05, 0.1) is 17.0 Å². The minimum absolute atomic E-state index is 0.117. The molecule has 1 N–H and O–H groups in total. The third-order valence-electron chi connectivity index (χ3n) is 3.96. The number of halogens is 3. The fraction of sp³-hybridized carbons (Fsp3) is 0.238. The molecule has 1 heterocycles. The van der Waals surface area contributed by atoms with Crippen molar-refractivity contribution in [1.29, 1.82) is 0 Å². The van der Waals surface area contributed by atoms with Crippen molar-refractivity contribution in [3.63, 3.8) is 0 Å². The van der Waals surface area contributed by atoms with Gasteiger partial charge in [-0.05, 0) is 36.8 Å². The van der Waals surface area contributed by atoms with Crippen molar-refractivity contribution >= 4 is 17.7 Å². The van der Waals surface area contributed by atoms with Crippen LogP contribution < -0.4 is 10.1 Å². The Bertz CT molecular complexity index is 988. The number of rotatable bonds is 8. The number of amides is 1. The van der Waals surface area contributed by atoms with Gasteiger partial charge in [0.25, 0.3) is 5.91 Å². The van der Waals surface area contributed by atoms with E-state index < -0.39 is 12.8 Å². The van der Waals surface area contributed by atoms with Crippen LogP contribution in [0.1, 0.15) is 27.4 Å². The van der Waals surface area contributed by atoms with Gasteiger partial charge in [-0.15, -0.1) is 11.8 Å². The van der Waals surface area contributed by atoms with Crippen molar-refractivity contribution in [2.75, 3.05) is 6.61 Å². The first kappa shape index (κ1) is 21.8. The SMILES string of the molecule is Cc1cc(CSc2ccccc2C(=O)NCc2ccc(OCC(F)(F)F)cc2)on1. The van der Waals surface area contributed by atoms with Crippen LogP contribution in [0.5, 0.6) is 5.75 Å². The molecule has 30 heavy (non-hydrogen) atoms. The number of alkyl halides is 3. The molecule has 3 rings (SSSR count). The number of hydrogen-bond acceptors (Lipinski definition) is 5. The highest BCUT2D eigenvalue weighted by molar-refractivity contribution is 7.98. The molecule has 0 atom stereocenters. The smallest absolute Gasteiger partial charge is 0.422 e. The van der Waals surface area contributed by atoms with E-state index in [1.165, 1.54) is 23.9 Å². The Hall–Kier alpha value is -2.94. The number of ether oxygens (including phenoxy) is 1. The van der Waals surface area contributed by atoms with Crippen LogP contribution in [0.2, 0.25) is 0 Å². The Morgan fingerprint density at radius 3 is 2.57 bits per heavy atom. The molecule has 1 amide bonds. The number of nitrogens with one attached hydrogen (secondary N) is 1. The number of benzene rings is 2. The lowest BCUT2D eigenvalue weighted by Crippen LogP contribution is -2.23. The summed E-state index contributed by atoms with van der Waals surface area (Å²) in [6, 6.07) is 15.2. The molecule has 0 radical (unpaired) electrons. The summed E-state index contributed by atoms with van der Waals surface area (Å²) in [5.41, 5.74) is 2.07. The fourth-order valence-electron chi connectivity index (χ4n) is 2.56. The molecule has 2 aromatic carbocycles. The normalized spacial score (nSPS) is 11.3. The molecule has 1 aromatic heterocycles. The second-order valence-electron chi connectivity index (χ2n) is 6.45. The average Bonchev–Trinajstić information content (AvgIpc) is 3.14. The maximum Gasteiger partial charge on any atom is 0.422 e. The van der Waals surface area contributed by atoms with Crippen LogP contribution in [-0.2, 0) is 12.3 Å². The molecule has 0 aliphatic carbocycles. The Labute approximate surface area is 175 Å². The van der Waals surface area contributed by atoms with Gasteiger partial charge in [-0.2, -0.15) is 13.2 Å². The third-order valence-corrected chi connectivity index (χ3v) is 5.05. The third kappa shape index (κ3) is 6.55. The first-order valence-corrected chi connectivity index (χ1v) is 9.99. The van der Waals surface area contributed by atoms with Crippen LogP contribution in [0.25, 0.3) is 0 Å². The largest absolute Gasteiger partial charge is 0.484 e. The van der Waals surface area contributed by atoms with Gasteiger partial charge < -0.3 is 14.6 Å². The van der Waals surface area contributed by atoms with E-state index >= 15 is 0 Å². The lowest BCUT2D eigenvalue weighted by molar-refractivity contribution is -0.153. The summed E-state index contributed by atoms with van der Waals surface area (Å²) in [6.07, 6.45) is -4.38. The van der Waals surface area contributed by atoms with Crippen LogP contribution in [0.15, 0.2) is 64.0 Å². The van der Waals surface area contributed by atoms with E-state index in [0.717, 1.165) is 21.9 Å². The number of aromatic nitrogens is 1. The molecule has 9 heteroatoms. The number of carbonyl (C=O) groups is 1. The van der Waals surface area contributed by atoms with Crippen LogP contribution in [0.3, 0.4) is 0 Å². The standard InChI is InChI=1S/C21H19F3N2O3S/c1-14-10-17(29-26-14)12-30-19-5-3-2-4-18(19)20(27)25-11-15-6-8-16(9-7-15)28-13-21(22,23)24/h2-10H,11-13H2,1H3,(H,25,27). The zero-order valence-electron chi connectivity index (χ0n) is 16.0. The van der Waals surface area contributed by atoms with Crippen molar-refractivity contribution in [2.45, 2.75) is 30.3 Å². The highest BCUT2D eigenvalue weighted by Gasteiger charge is 2.28. The van der Waals surface area contributed by atoms with Gasteiger partial charge in [-0.3, -0.25) is 4.79 Å². The number of hydrogen-bond donors (Lipinski definition) is 1. The van der Waals surface area contributed by atoms with E-state index in [1.54, 1.807) is 24.3 Å². The molecule has 158 valence electrons. The molecular formula is C21H19F3N2O3S. The Morgan fingerprint density at radius 1 is 1.17 bits per heavy atom. The second kappa shape index (κ2) is 9.71. The number of aryl methyl sites for hydroxylation is 1. The lowest BCUT2D eigenvalue weighted by Gasteiger charge is -2.11. The van der Waals surface area contributed by atoms with Gasteiger partial charge in [0.1, 0.15) is 11.5 Å². The molecule has 0 bridgehead atoms. The Morgan fingerprint density at radius 2 is 1.90 bits per heavy atom. The van der Waals surface area contributed by atoms with Gasteiger partial charge in [-0.1, -0.05) is 29.4 Å². The predicted octanol–water partition coefficient (Wildman–Crippen LogP) is 5.15. The summed E-state index contributed by atoms with van der Waals surface area (Å²) in [7, 11) is 0. The summed E-state index contributed by atoms with van der Waals surface area (Å²) in [5.74, 6) is 1.14. The van der Waals surface area contributed by atoms with Gasteiger partial charge in [0.15, 0.2) is 6.61 Å². The zero-order chi connectivity index (χ0) is 21.6. The van der Waals surface area contributed by atoms with Crippen molar-refractivity contribution in [1.82, 2.24) is 10.5 Å². The van der Waals surface area contributed by atoms with Gasteiger partial charge in [0.2, 0.25) is 0 Å². The molecule has 0 aliphatic rings. The minimum atomic E-state index is -4.38. The second-order valence-corrected chi connectivity index (χ2v) is 7.47. The van der Waals surface area contributed by atoms with E-state index in [4.69, 9.17) is 4.52 Å². The van der Waals surface area contributed by atoms with E-state index in [1.807, 2.05) is 25.1 Å². The Balaban J connectivity index is 1.56. The monoisotopic (exact) mass is 436 g/mol. The van der Waals surface area contributed by atoms with Gasteiger partial charge in [0, 0.05) is 17.5 Å². The number of nitrogens with zero attached hydrogens (tertiary/aromatic N) is 1. The van der Waals surface area contributed by atoms with Gasteiger partial charge in [-0.25, -0.2) is 0 Å². The van der Waals surface area contributed by atoms with Crippen LogP contribution in [0, 0.1) is 6.92 Å². The van der Waals surface area contributed by atoms with E-state index in [-0.39, 0.29) is 18.2 Å². The number of carbonyl (C=O) groups excluding carboxylic acids is 1. The van der Waals surface area contributed by atoms with Crippen molar-refractivity contribution in [3.05, 3.63) is 77.2 Å². The quantitative estimate of drug-likeness (QED) is 0.495. The fourth-order valence-corrected chi connectivity index (χ4v) is 3.48. The summed E-state index contributed by atoms with van der Waals surface area (Å²) in [4.78, 5) is 13.4. The molecule has 0 spiro atoms. The highest BCUT2D eigenvalue weighted by Crippen LogP contribution is 2.26. The minimum Gasteiger partial charge on any atom is -0.484 e. The molecular weight excluding hydrogens is 417 g/mol. The summed E-state index contributed by atoms with van der Waals surface area (Å²) in [6.45, 7) is 0.734. The molecule has 5 nitrogen and oxygen atoms in total. The summed E-state index contributed by atoms with van der Waals surface area (Å²) in [5, 5.41) is 6.67. The number of thioether (sulfide) groups is 1. The van der Waals surface area contributed by atoms with E-state index in [0.29, 0.717) is 11.3 Å². The van der Waals surface area contributed by atoms with Crippen molar-refractivity contribution < 1.29 is 27.2 Å². The van der Waals surface area contributed by atoms with Crippen LogP contribution >= 0.6 is 11.8 Å². The lowest BCUT2D eigenvalue weighted by atomic mass is 10.2. The van der Waals surface area contributed by atoms with Crippen molar-refractivity contribution in [2.24, 2.45) is 0 Å². The van der Waals surface area contributed by atoms with Gasteiger partial charge >= 0.3 is 6.18 Å². The molecule has 0 saturated heterocycles. The summed E-state index contributed by atoms with van der Waals surface area (Å²) >= 11 is 1.47. The van der Waals surface area contributed by atoms with Crippen LogP contribution in [-0.4, -0.2) is 23.8 Å². The molecule has 0 saturated carbocycles. The summed E-state index contributed by atoms with van der Waals surface area (Å²) < 4.78 is 46.4. The topological polar surface area (TPSA) is 64.4 Å². The molecule has 0 fully saturated rings. The maximum absolute atomic E-state index is 12.6. The van der Waals surface area contributed by atoms with E-state index in [9.17, 15) is 18.0 Å². The first-order valence-electron chi connectivity index (χ1n) is 9.01. The maximum atomic E-state index is 12.6. The molecule has 0 aliphatic heterocycles.